The number of β-lactam (4-membered cyclic amide) rings is 1. The highest BCUT2D eigenvalue weighted by Gasteiger charge is 2.27. The van der Waals surface area contributed by atoms with E-state index in [4.69, 9.17) is 0 Å². The lowest BCUT2D eigenvalue weighted by atomic mass is 10.2. The first-order valence-electron chi connectivity index (χ1n) is 4.26. The molecule has 74 valence electrons. The van der Waals surface area contributed by atoms with Crippen LogP contribution < -0.4 is 10.5 Å². The minimum Gasteiger partial charge on any atom is -0.316 e. The topological polar surface area (TPSA) is 42.3 Å². The van der Waals surface area contributed by atoms with Gasteiger partial charge >= 0.3 is 0 Å². The molecular formula is C9H9BrN2O2. The van der Waals surface area contributed by atoms with Gasteiger partial charge in [0.2, 0.25) is 5.91 Å². The smallest absolute Gasteiger partial charge is 0.274 e. The van der Waals surface area contributed by atoms with Gasteiger partial charge in [0, 0.05) is 30.7 Å². The molecule has 4 nitrogen and oxygen atoms in total. The Balaban J connectivity index is 2.52. The van der Waals surface area contributed by atoms with Crippen LogP contribution in [0.5, 0.6) is 0 Å². The first kappa shape index (κ1) is 9.45. The summed E-state index contributed by atoms with van der Waals surface area (Å²) in [6, 6.07) is 1.68. The molecule has 1 aromatic heterocycles. The number of carbonyl (C=O) groups is 1. The SMILES string of the molecule is Cn1cc(Br)cc(N2CCC2=O)c1=O. The number of halogens is 1. The molecule has 0 bridgehead atoms. The molecule has 0 saturated carbocycles. The second-order valence-electron chi connectivity index (χ2n) is 3.25. The number of carbonyl (C=O) groups excluding carboxylic acids is 1. The molecule has 1 fully saturated rings. The molecule has 1 aliphatic rings. The number of amides is 1. The fourth-order valence-electron chi connectivity index (χ4n) is 1.42. The summed E-state index contributed by atoms with van der Waals surface area (Å²) in [6.45, 7) is 0.643. The van der Waals surface area contributed by atoms with E-state index in [1.165, 1.54) is 9.47 Å². The van der Waals surface area contributed by atoms with Gasteiger partial charge in [-0.2, -0.15) is 0 Å². The van der Waals surface area contributed by atoms with Crippen LogP contribution in [0.2, 0.25) is 0 Å². The van der Waals surface area contributed by atoms with Crippen molar-refractivity contribution in [2.45, 2.75) is 6.42 Å². The van der Waals surface area contributed by atoms with Crippen molar-refractivity contribution in [1.29, 1.82) is 0 Å². The number of aryl methyl sites for hydroxylation is 1. The highest BCUT2D eigenvalue weighted by molar-refractivity contribution is 9.10. The maximum Gasteiger partial charge on any atom is 0.274 e. The van der Waals surface area contributed by atoms with Crippen LogP contribution >= 0.6 is 15.9 Å². The van der Waals surface area contributed by atoms with Crippen molar-refractivity contribution < 1.29 is 4.79 Å². The second-order valence-corrected chi connectivity index (χ2v) is 4.17. The maximum absolute atomic E-state index is 11.6. The Kier molecular flexibility index (Phi) is 2.19. The first-order chi connectivity index (χ1) is 6.59. The monoisotopic (exact) mass is 256 g/mol. The van der Waals surface area contributed by atoms with Gasteiger partial charge < -0.3 is 9.47 Å². The molecule has 0 unspecified atom stereocenters. The zero-order chi connectivity index (χ0) is 10.3. The standard InChI is InChI=1S/C9H9BrN2O2/c1-11-5-6(10)4-7(9(11)14)12-3-2-8(12)13/h4-5H,2-3H2,1H3. The lowest BCUT2D eigenvalue weighted by molar-refractivity contribution is -0.122. The Labute approximate surface area is 89.3 Å². The van der Waals surface area contributed by atoms with Crippen molar-refractivity contribution in [3.8, 4) is 0 Å². The van der Waals surface area contributed by atoms with Gasteiger partial charge in [-0.05, 0) is 22.0 Å². The summed E-state index contributed by atoms with van der Waals surface area (Å²) in [5.41, 5.74) is 0.319. The van der Waals surface area contributed by atoms with E-state index in [0.717, 1.165) is 4.47 Å². The van der Waals surface area contributed by atoms with Crippen molar-refractivity contribution in [3.63, 3.8) is 0 Å². The molecule has 2 heterocycles. The van der Waals surface area contributed by atoms with E-state index in [9.17, 15) is 9.59 Å². The van der Waals surface area contributed by atoms with Crippen LogP contribution in [0.3, 0.4) is 0 Å². The zero-order valence-electron chi connectivity index (χ0n) is 7.66. The quantitative estimate of drug-likeness (QED) is 0.701. The second kappa shape index (κ2) is 3.24. The molecule has 0 atom stereocenters. The summed E-state index contributed by atoms with van der Waals surface area (Å²) < 4.78 is 2.26. The molecule has 0 aromatic carbocycles. The fourth-order valence-corrected chi connectivity index (χ4v) is 1.94. The van der Waals surface area contributed by atoms with Crippen LogP contribution in [0.15, 0.2) is 21.5 Å². The van der Waals surface area contributed by atoms with Crippen LogP contribution in [-0.4, -0.2) is 17.0 Å². The van der Waals surface area contributed by atoms with E-state index in [1.807, 2.05) is 0 Å². The van der Waals surface area contributed by atoms with E-state index in [0.29, 0.717) is 18.7 Å². The van der Waals surface area contributed by atoms with Gasteiger partial charge in [-0.1, -0.05) is 0 Å². The number of anilines is 1. The minimum absolute atomic E-state index is 0.0141. The highest BCUT2D eigenvalue weighted by Crippen LogP contribution is 2.20. The van der Waals surface area contributed by atoms with Crippen LogP contribution in [0.25, 0.3) is 0 Å². The van der Waals surface area contributed by atoms with E-state index < -0.39 is 0 Å². The molecule has 0 N–H and O–H groups in total. The van der Waals surface area contributed by atoms with Crippen molar-refractivity contribution >= 4 is 27.5 Å². The Morgan fingerprint density at radius 2 is 2.14 bits per heavy atom. The number of hydrogen-bond donors (Lipinski definition) is 0. The summed E-state index contributed by atoms with van der Waals surface area (Å²) in [5, 5.41) is 0. The molecule has 0 aliphatic carbocycles. The van der Waals surface area contributed by atoms with Gasteiger partial charge in [0.1, 0.15) is 5.69 Å². The predicted molar refractivity (Wildman–Crippen MR) is 56.4 cm³/mol. The summed E-state index contributed by atoms with van der Waals surface area (Å²) in [6.07, 6.45) is 2.21. The van der Waals surface area contributed by atoms with Crippen molar-refractivity contribution in [2.75, 3.05) is 11.4 Å². The number of hydrogen-bond acceptors (Lipinski definition) is 2. The normalized spacial score (nSPS) is 15.6. The average Bonchev–Trinajstić information content (AvgIpc) is 2.11. The molecule has 1 saturated heterocycles. The van der Waals surface area contributed by atoms with Gasteiger partial charge in [-0.3, -0.25) is 9.59 Å². The maximum atomic E-state index is 11.6. The number of rotatable bonds is 1. The lowest BCUT2D eigenvalue weighted by Gasteiger charge is -2.30. The summed E-state index contributed by atoms with van der Waals surface area (Å²) >= 11 is 3.29. The Morgan fingerprint density at radius 3 is 2.64 bits per heavy atom. The van der Waals surface area contributed by atoms with E-state index >= 15 is 0 Å². The van der Waals surface area contributed by atoms with Crippen LogP contribution in [0.4, 0.5) is 5.69 Å². The van der Waals surface area contributed by atoms with E-state index in [-0.39, 0.29) is 11.5 Å². The van der Waals surface area contributed by atoms with Crippen molar-refractivity contribution in [2.24, 2.45) is 7.05 Å². The molecule has 0 spiro atoms. The van der Waals surface area contributed by atoms with Crippen LogP contribution in [0, 0.1) is 0 Å². The molecule has 5 heteroatoms. The van der Waals surface area contributed by atoms with E-state index in [2.05, 4.69) is 15.9 Å². The Bertz CT molecular complexity index is 453. The first-order valence-corrected chi connectivity index (χ1v) is 5.05. The van der Waals surface area contributed by atoms with Crippen LogP contribution in [-0.2, 0) is 11.8 Å². The Hall–Kier alpha value is -1.10. The molecule has 14 heavy (non-hydrogen) atoms. The zero-order valence-corrected chi connectivity index (χ0v) is 9.24. The Morgan fingerprint density at radius 1 is 1.43 bits per heavy atom. The number of pyridine rings is 1. The summed E-state index contributed by atoms with van der Waals surface area (Å²) in [4.78, 5) is 24.3. The summed E-state index contributed by atoms with van der Waals surface area (Å²) in [5.74, 6) is 0.0141. The molecule has 2 rings (SSSR count). The molecular weight excluding hydrogens is 248 g/mol. The van der Waals surface area contributed by atoms with Gasteiger partial charge in [0.25, 0.3) is 5.56 Å². The van der Waals surface area contributed by atoms with Crippen LogP contribution in [0.1, 0.15) is 6.42 Å². The van der Waals surface area contributed by atoms with Gasteiger partial charge in [-0.15, -0.1) is 0 Å². The predicted octanol–water partition coefficient (Wildman–Crippen LogP) is 0.885. The van der Waals surface area contributed by atoms with Crippen molar-refractivity contribution in [1.82, 2.24) is 4.57 Å². The summed E-state index contributed by atoms with van der Waals surface area (Å²) in [7, 11) is 1.67. The number of aromatic nitrogens is 1. The molecule has 1 aliphatic heterocycles. The number of nitrogens with zero attached hydrogens (tertiary/aromatic N) is 2. The van der Waals surface area contributed by atoms with Gasteiger partial charge in [0.15, 0.2) is 0 Å². The third-order valence-corrected chi connectivity index (χ3v) is 2.71. The average molecular weight is 257 g/mol. The van der Waals surface area contributed by atoms with E-state index in [1.54, 1.807) is 19.3 Å². The molecule has 1 amide bonds. The third-order valence-electron chi connectivity index (χ3n) is 2.27. The van der Waals surface area contributed by atoms with Gasteiger partial charge in [-0.25, -0.2) is 0 Å². The molecule has 0 radical (unpaired) electrons. The highest BCUT2D eigenvalue weighted by atomic mass is 79.9. The molecule has 1 aromatic rings. The third kappa shape index (κ3) is 1.37. The fraction of sp³-hybridized carbons (Fsp3) is 0.333. The minimum atomic E-state index is -0.138. The van der Waals surface area contributed by atoms with Crippen molar-refractivity contribution in [3.05, 3.63) is 27.1 Å². The largest absolute Gasteiger partial charge is 0.316 e. The lowest BCUT2D eigenvalue weighted by Crippen LogP contribution is -2.46. The van der Waals surface area contributed by atoms with Gasteiger partial charge in [0.05, 0.1) is 0 Å².